The summed E-state index contributed by atoms with van der Waals surface area (Å²) in [5, 5.41) is 10.3. The van der Waals surface area contributed by atoms with Gasteiger partial charge in [0.2, 0.25) is 0 Å². The van der Waals surface area contributed by atoms with E-state index >= 15 is 0 Å². The molecule has 1 saturated heterocycles. The van der Waals surface area contributed by atoms with Gasteiger partial charge in [0, 0.05) is 42.8 Å². The van der Waals surface area contributed by atoms with Gasteiger partial charge in [0.15, 0.2) is 0 Å². The summed E-state index contributed by atoms with van der Waals surface area (Å²) in [5.41, 5.74) is 1.58. The first kappa shape index (κ1) is 19.3. The number of hydrogen-bond donors (Lipinski definition) is 1. The van der Waals surface area contributed by atoms with E-state index < -0.39 is 5.97 Å². The van der Waals surface area contributed by atoms with E-state index in [0.717, 1.165) is 0 Å². The van der Waals surface area contributed by atoms with Crippen LogP contribution in [-0.2, 0) is 11.3 Å². The Morgan fingerprint density at radius 3 is 2.48 bits per heavy atom. The smallest absolute Gasteiger partial charge is 0.323 e. The van der Waals surface area contributed by atoms with Crippen LogP contribution in [0.3, 0.4) is 0 Å². The lowest BCUT2D eigenvalue weighted by molar-refractivity contribution is -0.137. The predicted molar refractivity (Wildman–Crippen MR) is 109 cm³/mol. The van der Waals surface area contributed by atoms with Gasteiger partial charge >= 0.3 is 5.97 Å². The number of rotatable bonds is 4. The molecule has 1 aliphatic rings. The Bertz CT molecular complexity index is 1090. The minimum Gasteiger partial charge on any atom is -0.480 e. The van der Waals surface area contributed by atoms with E-state index in [1.54, 1.807) is 47.5 Å². The fourth-order valence-electron chi connectivity index (χ4n) is 3.74. The molecule has 4 rings (SSSR count). The fourth-order valence-corrected chi connectivity index (χ4v) is 3.91. The number of fused-ring (bicyclic) bond motifs is 1. The van der Waals surface area contributed by atoms with Crippen LogP contribution in [0, 0.1) is 5.82 Å². The fraction of sp³-hybridized carbons (Fsp3) is 0.238. The molecule has 150 valence electrons. The highest BCUT2D eigenvalue weighted by molar-refractivity contribution is 6.31. The summed E-state index contributed by atoms with van der Waals surface area (Å²) in [4.78, 5) is 28.0. The SMILES string of the molecule is O=C(O)Cn1cc(C(=O)N2CCN(c3ccccc3F)CC2)c2ccc(Cl)cc21. The van der Waals surface area contributed by atoms with Gasteiger partial charge in [0.1, 0.15) is 12.4 Å². The number of carboxylic acids is 1. The summed E-state index contributed by atoms with van der Waals surface area (Å²) in [7, 11) is 0. The zero-order chi connectivity index (χ0) is 20.5. The first-order valence-electron chi connectivity index (χ1n) is 9.23. The van der Waals surface area contributed by atoms with Crippen LogP contribution in [0.25, 0.3) is 10.9 Å². The van der Waals surface area contributed by atoms with Crippen molar-refractivity contribution in [2.75, 3.05) is 31.1 Å². The van der Waals surface area contributed by atoms with Crippen LogP contribution in [-0.4, -0.2) is 52.6 Å². The van der Waals surface area contributed by atoms with E-state index in [2.05, 4.69) is 0 Å². The minimum absolute atomic E-state index is 0.172. The number of benzene rings is 2. The summed E-state index contributed by atoms with van der Waals surface area (Å²) in [6.45, 7) is 1.68. The van der Waals surface area contributed by atoms with Crippen LogP contribution in [0.2, 0.25) is 5.02 Å². The summed E-state index contributed by atoms with van der Waals surface area (Å²) < 4.78 is 15.5. The van der Waals surface area contributed by atoms with E-state index in [9.17, 15) is 14.0 Å². The predicted octanol–water partition coefficient (Wildman–Crippen LogP) is 3.48. The molecule has 1 aromatic heterocycles. The molecular formula is C21H19ClFN3O3. The minimum atomic E-state index is -1.00. The first-order chi connectivity index (χ1) is 13.9. The number of piperazine rings is 1. The van der Waals surface area contributed by atoms with Crippen molar-refractivity contribution in [1.82, 2.24) is 9.47 Å². The molecule has 0 bridgehead atoms. The highest BCUT2D eigenvalue weighted by Crippen LogP contribution is 2.27. The lowest BCUT2D eigenvalue weighted by Gasteiger charge is -2.36. The number of aliphatic carboxylic acids is 1. The number of anilines is 1. The maximum Gasteiger partial charge on any atom is 0.323 e. The van der Waals surface area contributed by atoms with Crippen molar-refractivity contribution < 1.29 is 19.1 Å². The normalized spacial score (nSPS) is 14.4. The molecule has 29 heavy (non-hydrogen) atoms. The van der Waals surface area contributed by atoms with Gasteiger partial charge in [0.25, 0.3) is 5.91 Å². The standard InChI is InChI=1S/C21H19ClFN3O3/c22-14-5-6-15-16(12-26(13-20(27)28)19(15)11-14)21(29)25-9-7-24(8-10-25)18-4-2-1-3-17(18)23/h1-6,11-12H,7-10,13H2,(H,27,28). The van der Waals surface area contributed by atoms with Gasteiger partial charge in [-0.05, 0) is 24.3 Å². The van der Waals surface area contributed by atoms with Crippen molar-refractivity contribution in [3.05, 3.63) is 65.1 Å². The summed E-state index contributed by atoms with van der Waals surface area (Å²) >= 11 is 6.06. The van der Waals surface area contributed by atoms with Gasteiger partial charge in [0.05, 0.1) is 16.8 Å². The number of amides is 1. The Hall–Kier alpha value is -3.06. The van der Waals surface area contributed by atoms with Gasteiger partial charge in [-0.25, -0.2) is 4.39 Å². The van der Waals surface area contributed by atoms with E-state index in [0.29, 0.717) is 53.4 Å². The third-order valence-electron chi connectivity index (χ3n) is 5.14. The number of para-hydroxylation sites is 1. The molecule has 0 spiro atoms. The van der Waals surface area contributed by atoms with Crippen LogP contribution in [0.5, 0.6) is 0 Å². The molecule has 2 aromatic carbocycles. The summed E-state index contributed by atoms with van der Waals surface area (Å²) in [5.74, 6) is -1.45. The molecule has 0 saturated carbocycles. The molecule has 2 heterocycles. The molecule has 0 unspecified atom stereocenters. The van der Waals surface area contributed by atoms with Gasteiger partial charge in [-0.15, -0.1) is 0 Å². The third kappa shape index (κ3) is 3.78. The molecule has 0 radical (unpaired) electrons. The van der Waals surface area contributed by atoms with Crippen molar-refractivity contribution in [2.24, 2.45) is 0 Å². The molecule has 1 aliphatic heterocycles. The Morgan fingerprint density at radius 1 is 1.07 bits per heavy atom. The molecule has 3 aromatic rings. The molecule has 1 N–H and O–H groups in total. The van der Waals surface area contributed by atoms with Crippen molar-refractivity contribution in [1.29, 1.82) is 0 Å². The lowest BCUT2D eigenvalue weighted by Crippen LogP contribution is -2.49. The molecule has 0 aliphatic carbocycles. The first-order valence-corrected chi connectivity index (χ1v) is 9.61. The average Bonchev–Trinajstić information content (AvgIpc) is 3.05. The van der Waals surface area contributed by atoms with Crippen LogP contribution in [0.4, 0.5) is 10.1 Å². The quantitative estimate of drug-likeness (QED) is 0.708. The highest BCUT2D eigenvalue weighted by Gasteiger charge is 2.26. The molecule has 0 atom stereocenters. The monoisotopic (exact) mass is 415 g/mol. The summed E-state index contributed by atoms with van der Waals surface area (Å²) in [6.07, 6.45) is 1.57. The maximum atomic E-state index is 14.0. The largest absolute Gasteiger partial charge is 0.480 e. The second kappa shape index (κ2) is 7.75. The molecule has 6 nitrogen and oxygen atoms in total. The zero-order valence-corrected chi connectivity index (χ0v) is 16.3. The third-order valence-corrected chi connectivity index (χ3v) is 5.38. The number of carbonyl (C=O) groups is 2. The number of hydrogen-bond acceptors (Lipinski definition) is 3. The Labute approximate surface area is 171 Å². The van der Waals surface area contributed by atoms with Crippen LogP contribution < -0.4 is 4.90 Å². The number of carboxylic acid groups (broad SMARTS) is 1. The van der Waals surface area contributed by atoms with Crippen molar-refractivity contribution in [3.63, 3.8) is 0 Å². The van der Waals surface area contributed by atoms with Crippen LogP contribution in [0.1, 0.15) is 10.4 Å². The zero-order valence-electron chi connectivity index (χ0n) is 15.5. The van der Waals surface area contributed by atoms with Gasteiger partial charge in [-0.3, -0.25) is 9.59 Å². The van der Waals surface area contributed by atoms with Gasteiger partial charge in [-0.1, -0.05) is 29.8 Å². The average molecular weight is 416 g/mol. The van der Waals surface area contributed by atoms with E-state index in [1.807, 2.05) is 4.90 Å². The number of carbonyl (C=O) groups excluding carboxylic acids is 1. The lowest BCUT2D eigenvalue weighted by atomic mass is 10.1. The number of aromatic nitrogens is 1. The molecule has 8 heteroatoms. The van der Waals surface area contributed by atoms with Gasteiger partial charge in [-0.2, -0.15) is 0 Å². The molecular weight excluding hydrogens is 397 g/mol. The maximum absolute atomic E-state index is 14.0. The van der Waals surface area contributed by atoms with Crippen molar-refractivity contribution >= 4 is 40.1 Å². The second-order valence-corrected chi connectivity index (χ2v) is 7.39. The Morgan fingerprint density at radius 2 is 1.79 bits per heavy atom. The van der Waals surface area contributed by atoms with E-state index in [4.69, 9.17) is 16.7 Å². The number of nitrogens with zero attached hydrogens (tertiary/aromatic N) is 3. The highest BCUT2D eigenvalue weighted by atomic mass is 35.5. The molecule has 1 amide bonds. The summed E-state index contributed by atoms with van der Waals surface area (Å²) in [6, 6.07) is 11.7. The van der Waals surface area contributed by atoms with Crippen LogP contribution in [0.15, 0.2) is 48.7 Å². The van der Waals surface area contributed by atoms with Crippen molar-refractivity contribution in [3.8, 4) is 0 Å². The molecule has 1 fully saturated rings. The Balaban J connectivity index is 1.57. The Kier molecular flexibility index (Phi) is 5.15. The van der Waals surface area contributed by atoms with E-state index in [1.165, 1.54) is 10.6 Å². The van der Waals surface area contributed by atoms with Gasteiger partial charge < -0.3 is 19.5 Å². The topological polar surface area (TPSA) is 65.8 Å². The van der Waals surface area contributed by atoms with Crippen LogP contribution >= 0.6 is 11.6 Å². The van der Waals surface area contributed by atoms with E-state index in [-0.39, 0.29) is 18.3 Å². The number of halogens is 2. The second-order valence-electron chi connectivity index (χ2n) is 6.96. The van der Waals surface area contributed by atoms with Crippen molar-refractivity contribution in [2.45, 2.75) is 6.54 Å².